The molecule has 1 unspecified atom stereocenters. The summed E-state index contributed by atoms with van der Waals surface area (Å²) in [6.07, 6.45) is 13.2. The fraction of sp³-hybridized carbons (Fsp3) is 0.667. The summed E-state index contributed by atoms with van der Waals surface area (Å²) in [7, 11) is 0. The van der Waals surface area contributed by atoms with Gasteiger partial charge >= 0.3 is 0 Å². The lowest BCUT2D eigenvalue weighted by Gasteiger charge is -2.59. The zero-order valence-electron chi connectivity index (χ0n) is 19.2. The average Bonchev–Trinajstić information content (AvgIpc) is 3.02. The fourth-order valence-corrected chi connectivity index (χ4v) is 8.09. The summed E-state index contributed by atoms with van der Waals surface area (Å²) in [6.45, 7) is 2.98. The van der Waals surface area contributed by atoms with Crippen molar-refractivity contribution in [2.45, 2.75) is 90.1 Å². The third-order valence-electron chi connectivity index (χ3n) is 9.12. The SMILES string of the molecule is CCC(NC(=O)c1ccc2c(=O)n3c(nc2c1)CCCCC3)C12CC3CC(CC(C3)C1)C2. The Balaban J connectivity index is 1.28. The third kappa shape index (κ3) is 3.31. The van der Waals surface area contributed by atoms with Crippen molar-refractivity contribution < 1.29 is 4.79 Å². The van der Waals surface area contributed by atoms with Gasteiger partial charge in [-0.1, -0.05) is 13.3 Å². The maximum atomic E-state index is 13.4. The molecule has 7 rings (SSSR count). The minimum Gasteiger partial charge on any atom is -0.349 e. The van der Waals surface area contributed by atoms with Crippen molar-refractivity contribution >= 4 is 16.8 Å². The molecule has 1 aliphatic heterocycles. The molecule has 4 fully saturated rings. The van der Waals surface area contributed by atoms with E-state index in [2.05, 4.69) is 12.2 Å². The van der Waals surface area contributed by atoms with Gasteiger partial charge in [-0.15, -0.1) is 0 Å². The molecule has 5 aliphatic rings. The molecule has 4 bridgehead atoms. The summed E-state index contributed by atoms with van der Waals surface area (Å²) in [5.74, 6) is 3.49. The molecule has 1 aromatic carbocycles. The molecule has 4 saturated carbocycles. The molecule has 5 nitrogen and oxygen atoms in total. The van der Waals surface area contributed by atoms with Crippen molar-refractivity contribution in [1.82, 2.24) is 14.9 Å². The van der Waals surface area contributed by atoms with E-state index in [9.17, 15) is 9.59 Å². The van der Waals surface area contributed by atoms with E-state index in [1.165, 1.54) is 38.5 Å². The van der Waals surface area contributed by atoms with Gasteiger partial charge in [0.15, 0.2) is 0 Å². The molecule has 0 saturated heterocycles. The van der Waals surface area contributed by atoms with E-state index in [0.29, 0.717) is 21.9 Å². The van der Waals surface area contributed by atoms with Crippen LogP contribution in [0.1, 0.15) is 87.3 Å². The van der Waals surface area contributed by atoms with Crippen molar-refractivity contribution in [3.63, 3.8) is 0 Å². The minimum absolute atomic E-state index is 0.00802. The number of hydrogen-bond donors (Lipinski definition) is 1. The van der Waals surface area contributed by atoms with Crippen molar-refractivity contribution in [2.75, 3.05) is 0 Å². The maximum Gasteiger partial charge on any atom is 0.261 e. The van der Waals surface area contributed by atoms with E-state index in [-0.39, 0.29) is 17.5 Å². The van der Waals surface area contributed by atoms with Gasteiger partial charge in [0.25, 0.3) is 11.5 Å². The number of rotatable bonds is 4. The Bertz CT molecular complexity index is 1080. The molecule has 2 aromatic rings. The number of carbonyl (C=O) groups is 1. The number of nitrogens with zero attached hydrogens (tertiary/aromatic N) is 2. The van der Waals surface area contributed by atoms with E-state index in [1.54, 1.807) is 0 Å². The first kappa shape index (κ1) is 20.4. The van der Waals surface area contributed by atoms with Crippen molar-refractivity contribution in [1.29, 1.82) is 0 Å². The van der Waals surface area contributed by atoms with Crippen LogP contribution in [0.5, 0.6) is 0 Å². The van der Waals surface area contributed by atoms with Gasteiger partial charge in [0.05, 0.1) is 10.9 Å². The Morgan fingerprint density at radius 3 is 2.53 bits per heavy atom. The third-order valence-corrected chi connectivity index (χ3v) is 9.12. The van der Waals surface area contributed by atoms with Crippen LogP contribution in [0.25, 0.3) is 10.9 Å². The Labute approximate surface area is 190 Å². The summed E-state index contributed by atoms with van der Waals surface area (Å²) in [5, 5.41) is 4.07. The highest BCUT2D eigenvalue weighted by Crippen LogP contribution is 2.61. The van der Waals surface area contributed by atoms with Crippen LogP contribution in [0.4, 0.5) is 0 Å². The summed E-state index contributed by atoms with van der Waals surface area (Å²) in [5.41, 5.74) is 1.63. The zero-order valence-corrected chi connectivity index (χ0v) is 19.2. The van der Waals surface area contributed by atoms with Crippen LogP contribution in [-0.4, -0.2) is 21.5 Å². The van der Waals surface area contributed by atoms with Gasteiger partial charge in [0.1, 0.15) is 5.82 Å². The lowest BCUT2D eigenvalue weighted by molar-refractivity contribution is -0.0727. The Morgan fingerprint density at radius 2 is 1.84 bits per heavy atom. The fourth-order valence-electron chi connectivity index (χ4n) is 8.09. The molecule has 1 aromatic heterocycles. The second-order valence-corrected chi connectivity index (χ2v) is 11.2. The van der Waals surface area contributed by atoms with Crippen LogP contribution in [0.15, 0.2) is 23.0 Å². The molecule has 4 aliphatic carbocycles. The molecular formula is C27H35N3O2. The lowest BCUT2D eigenvalue weighted by Crippen LogP contribution is -2.56. The number of aromatic nitrogens is 2. The summed E-state index contributed by atoms with van der Waals surface area (Å²) in [4.78, 5) is 31.2. The Hall–Kier alpha value is -2.17. The van der Waals surface area contributed by atoms with Gasteiger partial charge in [-0.3, -0.25) is 14.2 Å². The molecule has 1 amide bonds. The maximum absolute atomic E-state index is 13.4. The number of hydrogen-bond acceptors (Lipinski definition) is 3. The van der Waals surface area contributed by atoms with Crippen LogP contribution in [0.2, 0.25) is 0 Å². The summed E-state index contributed by atoms with van der Waals surface area (Å²) >= 11 is 0. The van der Waals surface area contributed by atoms with Crippen LogP contribution in [0, 0.1) is 23.2 Å². The van der Waals surface area contributed by atoms with Crippen molar-refractivity contribution in [3.8, 4) is 0 Å². The van der Waals surface area contributed by atoms with Gasteiger partial charge in [0.2, 0.25) is 0 Å². The van der Waals surface area contributed by atoms with E-state index in [1.807, 2.05) is 22.8 Å². The highest BCUT2D eigenvalue weighted by atomic mass is 16.1. The largest absolute Gasteiger partial charge is 0.349 e. The van der Waals surface area contributed by atoms with Crippen molar-refractivity contribution in [3.05, 3.63) is 39.9 Å². The predicted octanol–water partition coefficient (Wildman–Crippen LogP) is 4.85. The highest BCUT2D eigenvalue weighted by Gasteiger charge is 2.54. The number of benzene rings is 1. The lowest BCUT2D eigenvalue weighted by atomic mass is 9.47. The number of amides is 1. The average molecular weight is 434 g/mol. The summed E-state index contributed by atoms with van der Waals surface area (Å²) in [6, 6.07) is 5.70. The number of fused-ring (bicyclic) bond motifs is 2. The molecule has 2 heterocycles. The van der Waals surface area contributed by atoms with Gasteiger partial charge < -0.3 is 5.32 Å². The first-order valence-corrected chi connectivity index (χ1v) is 12.9. The number of carbonyl (C=O) groups excluding carboxylic acids is 1. The molecule has 5 heteroatoms. The molecule has 1 N–H and O–H groups in total. The van der Waals surface area contributed by atoms with E-state index in [0.717, 1.165) is 62.2 Å². The van der Waals surface area contributed by atoms with Crippen LogP contribution < -0.4 is 10.9 Å². The van der Waals surface area contributed by atoms with Gasteiger partial charge in [-0.25, -0.2) is 4.98 Å². The zero-order chi connectivity index (χ0) is 21.9. The number of nitrogens with one attached hydrogen (secondary N) is 1. The monoisotopic (exact) mass is 433 g/mol. The molecule has 1 atom stereocenters. The topological polar surface area (TPSA) is 64.0 Å². The standard InChI is InChI=1S/C27H35N3O2/c1-2-23(27-14-17-10-18(15-27)12-19(11-17)16-27)29-25(31)20-7-8-21-22(13-20)28-24-6-4-3-5-9-30(24)26(21)32/h7-8,13,17-19,23H,2-6,9-12,14-16H2,1H3,(H,29,31). The minimum atomic E-state index is -0.00802. The summed E-state index contributed by atoms with van der Waals surface area (Å²) < 4.78 is 1.84. The van der Waals surface area contributed by atoms with Crippen LogP contribution in [0.3, 0.4) is 0 Å². The first-order chi connectivity index (χ1) is 15.5. The van der Waals surface area contributed by atoms with Crippen LogP contribution >= 0.6 is 0 Å². The molecular weight excluding hydrogens is 398 g/mol. The van der Waals surface area contributed by atoms with Crippen molar-refractivity contribution in [2.24, 2.45) is 23.2 Å². The van der Waals surface area contributed by atoms with E-state index < -0.39 is 0 Å². The Kier molecular flexibility index (Phi) is 4.92. The molecule has 32 heavy (non-hydrogen) atoms. The van der Waals surface area contributed by atoms with Gasteiger partial charge in [-0.05, 0) is 99.2 Å². The molecule has 0 radical (unpaired) electrons. The second-order valence-electron chi connectivity index (χ2n) is 11.2. The Morgan fingerprint density at radius 1 is 1.12 bits per heavy atom. The van der Waals surface area contributed by atoms with Gasteiger partial charge in [0, 0.05) is 24.6 Å². The smallest absolute Gasteiger partial charge is 0.261 e. The predicted molar refractivity (Wildman–Crippen MR) is 126 cm³/mol. The second kappa shape index (κ2) is 7.71. The van der Waals surface area contributed by atoms with E-state index in [4.69, 9.17) is 4.98 Å². The van der Waals surface area contributed by atoms with E-state index >= 15 is 0 Å². The first-order valence-electron chi connectivity index (χ1n) is 12.9. The highest BCUT2D eigenvalue weighted by molar-refractivity contribution is 5.97. The number of aryl methyl sites for hydroxylation is 1. The van der Waals surface area contributed by atoms with Gasteiger partial charge in [-0.2, -0.15) is 0 Å². The quantitative estimate of drug-likeness (QED) is 0.750. The van der Waals surface area contributed by atoms with Crippen LogP contribution in [-0.2, 0) is 13.0 Å². The normalized spacial score (nSPS) is 31.8. The molecule has 0 spiro atoms. The molecule has 170 valence electrons.